The van der Waals surface area contributed by atoms with Gasteiger partial charge in [-0.15, -0.1) is 0 Å². The summed E-state index contributed by atoms with van der Waals surface area (Å²) in [7, 11) is 4.69. The Balaban J connectivity index is 1.56. The monoisotopic (exact) mass is 539 g/mol. The van der Waals surface area contributed by atoms with Gasteiger partial charge in [0.2, 0.25) is 0 Å². The molecule has 204 valence electrons. The Kier molecular flexibility index (Phi) is 7.41. The summed E-state index contributed by atoms with van der Waals surface area (Å²) in [5.41, 5.74) is 3.32. The average molecular weight is 540 g/mol. The van der Waals surface area contributed by atoms with E-state index in [1.807, 2.05) is 24.3 Å². The Bertz CT molecular complexity index is 1580. The highest BCUT2D eigenvalue weighted by atomic mass is 16.5. The van der Waals surface area contributed by atoms with Gasteiger partial charge in [-0.25, -0.2) is 4.68 Å². The zero-order valence-corrected chi connectivity index (χ0v) is 22.5. The fourth-order valence-electron chi connectivity index (χ4n) is 4.64. The molecule has 10 heteroatoms. The van der Waals surface area contributed by atoms with Gasteiger partial charge in [0.25, 0.3) is 11.8 Å². The first kappa shape index (κ1) is 26.4. The summed E-state index contributed by atoms with van der Waals surface area (Å²) in [6.07, 6.45) is 1.49. The predicted octanol–water partition coefficient (Wildman–Crippen LogP) is 5.09. The van der Waals surface area contributed by atoms with Crippen LogP contribution in [0.1, 0.15) is 28.9 Å². The van der Waals surface area contributed by atoms with Crippen molar-refractivity contribution >= 4 is 29.0 Å². The van der Waals surface area contributed by atoms with Crippen LogP contribution in [-0.4, -0.2) is 42.9 Å². The minimum Gasteiger partial charge on any atom is -0.497 e. The van der Waals surface area contributed by atoms with E-state index in [0.717, 1.165) is 5.56 Å². The van der Waals surface area contributed by atoms with Crippen molar-refractivity contribution in [1.29, 1.82) is 0 Å². The third-order valence-corrected chi connectivity index (χ3v) is 6.62. The smallest absolute Gasteiger partial charge is 0.261 e. The number of benzene rings is 3. The molecule has 0 saturated carbocycles. The van der Waals surface area contributed by atoms with Crippen molar-refractivity contribution in [3.63, 3.8) is 0 Å². The Morgan fingerprint density at radius 1 is 0.825 bits per heavy atom. The van der Waals surface area contributed by atoms with Crippen LogP contribution in [-0.2, 0) is 4.79 Å². The van der Waals surface area contributed by atoms with E-state index in [2.05, 4.69) is 21.0 Å². The number of nitrogens with zero attached hydrogens (tertiary/aromatic N) is 2. The molecule has 4 aromatic rings. The van der Waals surface area contributed by atoms with Gasteiger partial charge in [-0.1, -0.05) is 24.3 Å². The number of methoxy groups -OCH3 is 3. The molecule has 0 unspecified atom stereocenters. The van der Waals surface area contributed by atoms with Crippen LogP contribution in [0.4, 0.5) is 17.2 Å². The average Bonchev–Trinajstić information content (AvgIpc) is 3.40. The molecule has 1 aliphatic rings. The van der Waals surface area contributed by atoms with Crippen LogP contribution in [0.2, 0.25) is 0 Å². The van der Waals surface area contributed by atoms with E-state index < -0.39 is 6.04 Å². The number of nitrogens with one attached hydrogen (secondary N) is 3. The summed E-state index contributed by atoms with van der Waals surface area (Å²) in [6, 6.07) is 21.0. The predicted molar refractivity (Wildman–Crippen MR) is 152 cm³/mol. The maximum atomic E-state index is 13.8. The van der Waals surface area contributed by atoms with Crippen LogP contribution in [0, 0.1) is 0 Å². The molecule has 1 atom stereocenters. The minimum absolute atomic E-state index is 0.327. The first-order chi connectivity index (χ1) is 19.4. The first-order valence-corrected chi connectivity index (χ1v) is 12.5. The quantitative estimate of drug-likeness (QED) is 0.286. The van der Waals surface area contributed by atoms with Crippen molar-refractivity contribution in [3.8, 4) is 17.2 Å². The second kappa shape index (κ2) is 11.2. The van der Waals surface area contributed by atoms with Crippen molar-refractivity contribution < 1.29 is 23.8 Å². The van der Waals surface area contributed by atoms with Crippen molar-refractivity contribution in [2.75, 3.05) is 37.3 Å². The Labute approximate surface area is 231 Å². The topological polar surface area (TPSA) is 116 Å². The van der Waals surface area contributed by atoms with Gasteiger partial charge >= 0.3 is 0 Å². The van der Waals surface area contributed by atoms with Gasteiger partial charge in [0.15, 0.2) is 11.5 Å². The third-order valence-electron chi connectivity index (χ3n) is 6.62. The lowest BCUT2D eigenvalue weighted by Crippen LogP contribution is -2.32. The van der Waals surface area contributed by atoms with E-state index in [1.54, 1.807) is 81.5 Å². The van der Waals surface area contributed by atoms with E-state index in [1.165, 1.54) is 6.20 Å². The largest absolute Gasteiger partial charge is 0.497 e. The molecule has 40 heavy (non-hydrogen) atoms. The van der Waals surface area contributed by atoms with Crippen molar-refractivity contribution in [2.24, 2.45) is 0 Å². The fraction of sp³-hybridized carbons (Fsp3) is 0.167. The van der Waals surface area contributed by atoms with Gasteiger partial charge in [-0.2, -0.15) is 5.10 Å². The first-order valence-electron chi connectivity index (χ1n) is 12.5. The van der Waals surface area contributed by atoms with Crippen LogP contribution in [0.25, 0.3) is 0 Å². The fourth-order valence-corrected chi connectivity index (χ4v) is 4.64. The number of carbonyl (C=O) groups is 2. The Morgan fingerprint density at radius 3 is 2.17 bits per heavy atom. The van der Waals surface area contributed by atoms with Crippen LogP contribution < -0.4 is 30.2 Å². The Morgan fingerprint density at radius 2 is 1.50 bits per heavy atom. The minimum atomic E-state index is -0.674. The highest BCUT2D eigenvalue weighted by Crippen LogP contribution is 2.40. The molecular formula is C30H29N5O5. The van der Waals surface area contributed by atoms with Crippen molar-refractivity contribution in [1.82, 2.24) is 9.78 Å². The highest BCUT2D eigenvalue weighted by molar-refractivity contribution is 6.09. The molecule has 10 nitrogen and oxygen atoms in total. The second-order valence-corrected chi connectivity index (χ2v) is 9.03. The number of carbonyl (C=O) groups excluding carboxylic acids is 2. The Hall–Kier alpha value is -5.25. The summed E-state index contributed by atoms with van der Waals surface area (Å²) < 4.78 is 17.8. The zero-order chi connectivity index (χ0) is 28.2. The summed E-state index contributed by atoms with van der Waals surface area (Å²) >= 11 is 0. The normalized spacial score (nSPS) is 14.1. The molecule has 0 saturated heterocycles. The molecule has 3 N–H and O–H groups in total. The van der Waals surface area contributed by atoms with Gasteiger partial charge in [-0.05, 0) is 61.0 Å². The van der Waals surface area contributed by atoms with Gasteiger partial charge in [-0.3, -0.25) is 9.59 Å². The number of para-hydroxylation sites is 1. The number of aromatic nitrogens is 2. The molecule has 0 aliphatic carbocycles. The molecule has 0 spiro atoms. The number of hydrogen-bond acceptors (Lipinski definition) is 7. The van der Waals surface area contributed by atoms with Gasteiger partial charge in [0.05, 0.1) is 33.1 Å². The third kappa shape index (κ3) is 5.06. The number of amides is 2. The van der Waals surface area contributed by atoms with Gasteiger partial charge < -0.3 is 30.2 Å². The SMILES string of the molecule is COc1ccc(NC(=O)C2=C(C)Nc3c(C(=O)Nc4ccccc4)cnn3[C@H]2c2ccc(OC)c(OC)c2)cc1. The molecule has 2 heterocycles. The van der Waals surface area contributed by atoms with E-state index >= 15 is 0 Å². The molecule has 5 rings (SSSR count). The van der Waals surface area contributed by atoms with Crippen molar-refractivity contribution in [2.45, 2.75) is 13.0 Å². The number of anilines is 3. The number of hydrogen-bond donors (Lipinski definition) is 3. The van der Waals surface area contributed by atoms with Crippen molar-refractivity contribution in [3.05, 3.63) is 101 Å². The molecule has 3 aromatic carbocycles. The molecule has 0 fully saturated rings. The van der Waals surface area contributed by atoms with Crippen LogP contribution in [0.15, 0.2) is 90.3 Å². The van der Waals surface area contributed by atoms with Crippen LogP contribution >= 0.6 is 0 Å². The number of allylic oxidation sites excluding steroid dienone is 1. The summed E-state index contributed by atoms with van der Waals surface area (Å²) in [6.45, 7) is 1.80. The highest BCUT2D eigenvalue weighted by Gasteiger charge is 2.36. The molecule has 2 amide bonds. The number of ether oxygens (including phenoxy) is 3. The number of rotatable bonds is 8. The zero-order valence-electron chi connectivity index (χ0n) is 22.5. The lowest BCUT2D eigenvalue weighted by molar-refractivity contribution is -0.113. The van der Waals surface area contributed by atoms with Gasteiger partial charge in [0, 0.05) is 17.1 Å². The summed E-state index contributed by atoms with van der Waals surface area (Å²) in [5, 5.41) is 13.7. The lowest BCUT2D eigenvalue weighted by Gasteiger charge is -2.30. The van der Waals surface area contributed by atoms with Crippen LogP contribution in [0.5, 0.6) is 17.2 Å². The summed E-state index contributed by atoms with van der Waals surface area (Å²) in [4.78, 5) is 27.0. The van der Waals surface area contributed by atoms with E-state index in [9.17, 15) is 9.59 Å². The molecule has 0 bridgehead atoms. The van der Waals surface area contributed by atoms with E-state index in [4.69, 9.17) is 14.2 Å². The standard InChI is InChI=1S/C30H29N5O5/c1-18-26(30(37)34-21-11-13-22(38-2)14-12-21)27(19-10-15-24(39-3)25(16-19)40-4)35-28(32-18)23(17-31-35)29(36)33-20-8-6-5-7-9-20/h5-17,27,32H,1-4H3,(H,33,36)(H,34,37)/t27-/m0/s1. The molecular weight excluding hydrogens is 510 g/mol. The molecule has 1 aliphatic heterocycles. The second-order valence-electron chi connectivity index (χ2n) is 9.03. The molecule has 1 aromatic heterocycles. The maximum Gasteiger partial charge on any atom is 0.261 e. The van der Waals surface area contributed by atoms with Crippen LogP contribution in [0.3, 0.4) is 0 Å². The lowest BCUT2D eigenvalue weighted by atomic mass is 9.94. The molecule has 0 radical (unpaired) electrons. The van der Waals surface area contributed by atoms with Gasteiger partial charge in [0.1, 0.15) is 23.2 Å². The van der Waals surface area contributed by atoms with E-state index in [-0.39, 0.29) is 11.8 Å². The summed E-state index contributed by atoms with van der Waals surface area (Å²) in [5.74, 6) is 1.54. The maximum absolute atomic E-state index is 13.8. The van der Waals surface area contributed by atoms with E-state index in [0.29, 0.717) is 51.3 Å². The number of fused-ring (bicyclic) bond motifs is 1.